The average Bonchev–Trinajstić information content (AvgIpc) is 2.65. The SMILES string of the molecule is CC1=C(C(=O)N2CCOCC2)[C@H](c2ccc(OC(F)(F)F)cc2)NC(=S)N1C. The second-order valence-electron chi connectivity index (χ2n) is 6.46. The molecule has 1 amide bonds. The Kier molecular flexibility index (Phi) is 5.80. The highest BCUT2D eigenvalue weighted by Crippen LogP contribution is 2.33. The van der Waals surface area contributed by atoms with Crippen LogP contribution >= 0.6 is 12.2 Å². The Morgan fingerprint density at radius 3 is 2.43 bits per heavy atom. The standard InChI is InChI=1S/C18H20F3N3O3S/c1-11-14(16(25)24-7-9-26-10-8-24)15(22-17(28)23(11)2)12-3-5-13(6-4-12)27-18(19,20)21/h3-6,15H,7-10H2,1-2H3,(H,22,28)/t15-/m0/s1. The van der Waals surface area contributed by atoms with Crippen molar-refractivity contribution in [2.45, 2.75) is 19.3 Å². The molecule has 0 aliphatic carbocycles. The van der Waals surface area contributed by atoms with Gasteiger partial charge in [-0.1, -0.05) is 12.1 Å². The number of carbonyl (C=O) groups excluding carboxylic acids is 1. The molecule has 1 aromatic carbocycles. The van der Waals surface area contributed by atoms with Crippen molar-refractivity contribution in [3.05, 3.63) is 41.1 Å². The Morgan fingerprint density at radius 2 is 1.86 bits per heavy atom. The van der Waals surface area contributed by atoms with Crippen LogP contribution in [0.4, 0.5) is 13.2 Å². The van der Waals surface area contributed by atoms with Crippen LogP contribution in [-0.4, -0.2) is 60.5 Å². The van der Waals surface area contributed by atoms with Crippen molar-refractivity contribution in [1.29, 1.82) is 0 Å². The number of benzene rings is 1. The van der Waals surface area contributed by atoms with Crippen LogP contribution in [0.5, 0.6) is 5.75 Å². The summed E-state index contributed by atoms with van der Waals surface area (Å²) in [6.07, 6.45) is -4.76. The molecule has 152 valence electrons. The van der Waals surface area contributed by atoms with Crippen LogP contribution in [-0.2, 0) is 9.53 Å². The number of alkyl halides is 3. The number of halogens is 3. The van der Waals surface area contributed by atoms with Crippen LogP contribution < -0.4 is 10.1 Å². The number of allylic oxidation sites excluding steroid dienone is 1. The predicted molar refractivity (Wildman–Crippen MR) is 99.5 cm³/mol. The lowest BCUT2D eigenvalue weighted by molar-refractivity contribution is -0.274. The summed E-state index contributed by atoms with van der Waals surface area (Å²) in [4.78, 5) is 16.6. The maximum absolute atomic E-state index is 13.2. The minimum atomic E-state index is -4.76. The summed E-state index contributed by atoms with van der Waals surface area (Å²) in [6, 6.07) is 4.86. The molecule has 28 heavy (non-hydrogen) atoms. The minimum Gasteiger partial charge on any atom is -0.406 e. The Bertz CT molecular complexity index is 790. The number of ether oxygens (including phenoxy) is 2. The van der Waals surface area contributed by atoms with E-state index >= 15 is 0 Å². The molecular formula is C18H20F3N3O3S. The summed E-state index contributed by atoms with van der Waals surface area (Å²) >= 11 is 5.34. The van der Waals surface area contributed by atoms with Crippen molar-refractivity contribution >= 4 is 23.2 Å². The summed E-state index contributed by atoms with van der Waals surface area (Å²) in [5, 5.41) is 3.54. The van der Waals surface area contributed by atoms with Gasteiger partial charge in [-0.15, -0.1) is 13.2 Å². The number of hydrogen-bond acceptors (Lipinski definition) is 4. The number of morpholine rings is 1. The van der Waals surface area contributed by atoms with Crippen molar-refractivity contribution in [1.82, 2.24) is 15.1 Å². The van der Waals surface area contributed by atoms with Crippen LogP contribution in [0.3, 0.4) is 0 Å². The molecule has 2 aliphatic rings. The average molecular weight is 415 g/mol. The molecule has 1 N–H and O–H groups in total. The van der Waals surface area contributed by atoms with Crippen molar-refractivity contribution in [3.8, 4) is 5.75 Å². The van der Waals surface area contributed by atoms with E-state index in [4.69, 9.17) is 17.0 Å². The fourth-order valence-electron chi connectivity index (χ4n) is 3.16. The Hall–Kier alpha value is -2.33. The van der Waals surface area contributed by atoms with E-state index in [0.29, 0.717) is 48.2 Å². The minimum absolute atomic E-state index is 0.150. The number of rotatable bonds is 3. The van der Waals surface area contributed by atoms with Gasteiger partial charge in [-0.05, 0) is 36.8 Å². The van der Waals surface area contributed by atoms with Gasteiger partial charge in [0, 0.05) is 25.8 Å². The number of nitrogens with one attached hydrogen (secondary N) is 1. The van der Waals surface area contributed by atoms with Gasteiger partial charge in [0.05, 0.1) is 24.8 Å². The van der Waals surface area contributed by atoms with E-state index in [2.05, 4.69) is 10.1 Å². The molecule has 2 aliphatic heterocycles. The number of hydrogen-bond donors (Lipinski definition) is 1. The van der Waals surface area contributed by atoms with Gasteiger partial charge < -0.3 is 24.6 Å². The van der Waals surface area contributed by atoms with Gasteiger partial charge in [-0.25, -0.2) is 0 Å². The Balaban J connectivity index is 1.92. The molecule has 0 spiro atoms. The molecule has 10 heteroatoms. The Labute approximate surface area is 165 Å². The molecule has 2 heterocycles. The molecular weight excluding hydrogens is 395 g/mol. The number of thiocarbonyl (C=S) groups is 1. The molecule has 0 bridgehead atoms. The van der Waals surface area contributed by atoms with E-state index in [9.17, 15) is 18.0 Å². The molecule has 0 radical (unpaired) electrons. The normalized spacial score (nSPS) is 20.9. The van der Waals surface area contributed by atoms with Crippen LogP contribution in [0.25, 0.3) is 0 Å². The first-order chi connectivity index (χ1) is 13.2. The molecule has 6 nitrogen and oxygen atoms in total. The molecule has 0 saturated carbocycles. The topological polar surface area (TPSA) is 54.0 Å². The van der Waals surface area contributed by atoms with E-state index in [1.807, 2.05) is 0 Å². The van der Waals surface area contributed by atoms with E-state index in [-0.39, 0.29) is 11.7 Å². The Morgan fingerprint density at radius 1 is 1.25 bits per heavy atom. The highest BCUT2D eigenvalue weighted by Gasteiger charge is 2.35. The number of amides is 1. The summed E-state index contributed by atoms with van der Waals surface area (Å²) in [5.41, 5.74) is 1.81. The van der Waals surface area contributed by atoms with Gasteiger partial charge in [-0.3, -0.25) is 4.79 Å². The summed E-state index contributed by atoms with van der Waals surface area (Å²) in [5.74, 6) is -0.475. The van der Waals surface area contributed by atoms with E-state index < -0.39 is 12.4 Å². The zero-order chi connectivity index (χ0) is 20.5. The zero-order valence-electron chi connectivity index (χ0n) is 15.4. The fourth-order valence-corrected chi connectivity index (χ4v) is 3.42. The largest absolute Gasteiger partial charge is 0.573 e. The second-order valence-corrected chi connectivity index (χ2v) is 6.85. The third-order valence-electron chi connectivity index (χ3n) is 4.73. The van der Waals surface area contributed by atoms with E-state index in [1.54, 1.807) is 23.8 Å². The number of carbonyl (C=O) groups is 1. The van der Waals surface area contributed by atoms with E-state index in [1.165, 1.54) is 24.3 Å². The monoisotopic (exact) mass is 415 g/mol. The van der Waals surface area contributed by atoms with Crippen LogP contribution in [0.2, 0.25) is 0 Å². The van der Waals surface area contributed by atoms with Crippen LogP contribution in [0.1, 0.15) is 18.5 Å². The van der Waals surface area contributed by atoms with Gasteiger partial charge in [-0.2, -0.15) is 0 Å². The van der Waals surface area contributed by atoms with E-state index in [0.717, 1.165) is 0 Å². The van der Waals surface area contributed by atoms with Gasteiger partial charge in [0.2, 0.25) is 0 Å². The quantitative estimate of drug-likeness (QED) is 0.766. The lowest BCUT2D eigenvalue weighted by atomic mass is 9.94. The molecule has 1 aromatic rings. The first-order valence-corrected chi connectivity index (χ1v) is 9.06. The van der Waals surface area contributed by atoms with Crippen molar-refractivity contribution in [2.75, 3.05) is 33.4 Å². The second kappa shape index (κ2) is 7.96. The molecule has 0 unspecified atom stereocenters. The third kappa shape index (κ3) is 4.39. The zero-order valence-corrected chi connectivity index (χ0v) is 16.2. The van der Waals surface area contributed by atoms with Gasteiger partial charge >= 0.3 is 6.36 Å². The molecule has 1 saturated heterocycles. The molecule has 0 aromatic heterocycles. The summed E-state index contributed by atoms with van der Waals surface area (Å²) < 4.78 is 46.4. The maximum Gasteiger partial charge on any atom is 0.573 e. The predicted octanol–water partition coefficient (Wildman–Crippen LogP) is 2.58. The first-order valence-electron chi connectivity index (χ1n) is 8.65. The first kappa shape index (κ1) is 20.4. The van der Waals surface area contributed by atoms with Gasteiger partial charge in [0.15, 0.2) is 5.11 Å². The lowest BCUT2D eigenvalue weighted by Gasteiger charge is -2.38. The third-order valence-corrected chi connectivity index (χ3v) is 5.12. The van der Waals surface area contributed by atoms with Crippen LogP contribution in [0.15, 0.2) is 35.5 Å². The maximum atomic E-state index is 13.2. The smallest absolute Gasteiger partial charge is 0.406 e. The summed E-state index contributed by atoms with van der Waals surface area (Å²) in [7, 11) is 1.76. The highest BCUT2D eigenvalue weighted by atomic mass is 32.1. The molecule has 1 atom stereocenters. The highest BCUT2D eigenvalue weighted by molar-refractivity contribution is 7.80. The summed E-state index contributed by atoms with van der Waals surface area (Å²) in [6.45, 7) is 3.69. The van der Waals surface area contributed by atoms with Gasteiger partial charge in [0.25, 0.3) is 5.91 Å². The molecule has 1 fully saturated rings. The number of nitrogens with zero attached hydrogens (tertiary/aromatic N) is 2. The van der Waals surface area contributed by atoms with Crippen molar-refractivity contribution in [3.63, 3.8) is 0 Å². The van der Waals surface area contributed by atoms with Crippen LogP contribution in [0, 0.1) is 0 Å². The lowest BCUT2D eigenvalue weighted by Crippen LogP contribution is -2.50. The molecule has 3 rings (SSSR count). The fraction of sp³-hybridized carbons (Fsp3) is 0.444. The van der Waals surface area contributed by atoms with Crippen molar-refractivity contribution < 1.29 is 27.4 Å². The van der Waals surface area contributed by atoms with Gasteiger partial charge in [0.1, 0.15) is 5.75 Å². The van der Waals surface area contributed by atoms with Crippen molar-refractivity contribution in [2.24, 2.45) is 0 Å².